The first kappa shape index (κ1) is 13.8. The zero-order chi connectivity index (χ0) is 15.0. The van der Waals surface area contributed by atoms with Gasteiger partial charge in [-0.3, -0.25) is 4.40 Å². The molecule has 0 unspecified atom stereocenters. The zero-order valence-corrected chi connectivity index (χ0v) is 12.8. The van der Waals surface area contributed by atoms with E-state index in [0.29, 0.717) is 22.0 Å². The lowest BCUT2D eigenvalue weighted by molar-refractivity contribution is 0.787. The van der Waals surface area contributed by atoms with Gasteiger partial charge in [0.1, 0.15) is 11.2 Å². The largest absolute Gasteiger partial charge is 0.280 e. The molecular weight excluding hydrogens is 284 g/mol. The number of rotatable bonds is 3. The minimum absolute atomic E-state index is 0.587. The highest BCUT2D eigenvalue weighted by Crippen LogP contribution is 2.30. The number of aromatic nitrogens is 3. The van der Waals surface area contributed by atoms with Crippen molar-refractivity contribution in [3.63, 3.8) is 0 Å². The summed E-state index contributed by atoms with van der Waals surface area (Å²) >= 11 is 6.62. The molecule has 5 heteroatoms. The van der Waals surface area contributed by atoms with Crippen molar-refractivity contribution in [3.05, 3.63) is 40.2 Å². The van der Waals surface area contributed by atoms with Crippen LogP contribution in [0.25, 0.3) is 16.8 Å². The van der Waals surface area contributed by atoms with Crippen LogP contribution < -0.4 is 0 Å². The van der Waals surface area contributed by atoms with Crippen LogP contribution in [0.3, 0.4) is 0 Å². The summed E-state index contributed by atoms with van der Waals surface area (Å²) in [5.74, 6) is 0. The number of unbranched alkanes of at least 4 members (excludes halogenated alkanes) is 1. The Morgan fingerprint density at radius 2 is 2.24 bits per heavy atom. The van der Waals surface area contributed by atoms with E-state index in [2.05, 4.69) is 23.0 Å². The fourth-order valence-electron chi connectivity index (χ4n) is 2.67. The molecule has 3 aromatic heterocycles. The van der Waals surface area contributed by atoms with E-state index in [9.17, 15) is 5.26 Å². The van der Waals surface area contributed by atoms with Crippen molar-refractivity contribution in [1.29, 1.82) is 5.26 Å². The Bertz CT molecular complexity index is 873. The molecule has 3 aromatic rings. The van der Waals surface area contributed by atoms with Crippen molar-refractivity contribution in [2.75, 3.05) is 0 Å². The standard InChI is InChI=1S/C16H15ClN4/c1-3-4-6-11-10(2)12(9-18)16-20-15-13(7-5-8-19-15)21(16)14(11)17/h5,7-8H,3-4,6H2,1-2H3. The molecular formula is C16H15ClN4. The number of nitrogens with zero attached hydrogens (tertiary/aromatic N) is 4. The molecule has 0 saturated carbocycles. The lowest BCUT2D eigenvalue weighted by Crippen LogP contribution is -2.02. The number of hydrogen-bond acceptors (Lipinski definition) is 3. The monoisotopic (exact) mass is 298 g/mol. The topological polar surface area (TPSA) is 54.0 Å². The molecule has 106 valence electrons. The lowest BCUT2D eigenvalue weighted by Gasteiger charge is -2.12. The summed E-state index contributed by atoms with van der Waals surface area (Å²) in [6.07, 6.45) is 4.69. The molecule has 0 atom stereocenters. The minimum Gasteiger partial charge on any atom is -0.280 e. The van der Waals surface area contributed by atoms with Crippen molar-refractivity contribution >= 4 is 28.4 Å². The van der Waals surface area contributed by atoms with Crippen molar-refractivity contribution in [3.8, 4) is 6.07 Å². The molecule has 3 heterocycles. The van der Waals surface area contributed by atoms with Crippen LogP contribution in [0.5, 0.6) is 0 Å². The molecule has 4 nitrogen and oxygen atoms in total. The van der Waals surface area contributed by atoms with Gasteiger partial charge in [0.25, 0.3) is 0 Å². The molecule has 3 rings (SSSR count). The fraction of sp³-hybridized carbons (Fsp3) is 0.312. The maximum absolute atomic E-state index is 9.52. The summed E-state index contributed by atoms with van der Waals surface area (Å²) < 4.78 is 1.85. The van der Waals surface area contributed by atoms with Gasteiger partial charge < -0.3 is 0 Å². The van der Waals surface area contributed by atoms with Gasteiger partial charge in [0.05, 0.1) is 11.1 Å². The van der Waals surface area contributed by atoms with Crippen LogP contribution in [0.2, 0.25) is 5.15 Å². The molecule has 0 amide bonds. The van der Waals surface area contributed by atoms with Crippen molar-refractivity contribution in [1.82, 2.24) is 14.4 Å². The number of hydrogen-bond donors (Lipinski definition) is 0. The molecule has 0 aliphatic rings. The maximum Gasteiger partial charge on any atom is 0.178 e. The van der Waals surface area contributed by atoms with Crippen LogP contribution in [0.4, 0.5) is 0 Å². The first-order valence-electron chi connectivity index (χ1n) is 7.03. The molecule has 0 aliphatic carbocycles. The molecule has 0 aromatic carbocycles. The van der Waals surface area contributed by atoms with E-state index >= 15 is 0 Å². The van der Waals surface area contributed by atoms with Crippen molar-refractivity contribution in [2.24, 2.45) is 0 Å². The molecule has 21 heavy (non-hydrogen) atoms. The maximum atomic E-state index is 9.52. The van der Waals surface area contributed by atoms with Gasteiger partial charge in [0, 0.05) is 6.20 Å². The average Bonchev–Trinajstić information content (AvgIpc) is 2.87. The molecule has 0 radical (unpaired) electrons. The molecule has 0 bridgehead atoms. The van der Waals surface area contributed by atoms with Gasteiger partial charge in [-0.25, -0.2) is 9.97 Å². The third-order valence-electron chi connectivity index (χ3n) is 3.82. The summed E-state index contributed by atoms with van der Waals surface area (Å²) in [6, 6.07) is 6.05. The predicted molar refractivity (Wildman–Crippen MR) is 83.6 cm³/mol. The third-order valence-corrected chi connectivity index (χ3v) is 4.22. The van der Waals surface area contributed by atoms with Gasteiger partial charge in [0.2, 0.25) is 0 Å². The second-order valence-corrected chi connectivity index (χ2v) is 5.46. The number of fused-ring (bicyclic) bond motifs is 3. The number of imidazole rings is 1. The average molecular weight is 299 g/mol. The Morgan fingerprint density at radius 3 is 2.95 bits per heavy atom. The fourth-order valence-corrected chi connectivity index (χ4v) is 3.07. The van der Waals surface area contributed by atoms with E-state index in [1.807, 2.05) is 23.5 Å². The van der Waals surface area contributed by atoms with E-state index in [-0.39, 0.29) is 0 Å². The lowest BCUT2D eigenvalue weighted by atomic mass is 10.0. The summed E-state index contributed by atoms with van der Waals surface area (Å²) in [6.45, 7) is 4.09. The van der Waals surface area contributed by atoms with Gasteiger partial charge in [-0.1, -0.05) is 24.9 Å². The highest BCUT2D eigenvalue weighted by Gasteiger charge is 2.19. The Balaban J connectivity index is 2.45. The molecule has 0 N–H and O–H groups in total. The Morgan fingerprint density at radius 1 is 1.43 bits per heavy atom. The van der Waals surface area contributed by atoms with E-state index in [1.54, 1.807) is 6.20 Å². The van der Waals surface area contributed by atoms with Crippen LogP contribution in [0.1, 0.15) is 36.5 Å². The van der Waals surface area contributed by atoms with E-state index in [0.717, 1.165) is 35.9 Å². The highest BCUT2D eigenvalue weighted by atomic mass is 35.5. The second kappa shape index (κ2) is 5.34. The normalized spacial score (nSPS) is 11.1. The van der Waals surface area contributed by atoms with Gasteiger partial charge in [-0.2, -0.15) is 5.26 Å². The van der Waals surface area contributed by atoms with E-state index < -0.39 is 0 Å². The van der Waals surface area contributed by atoms with Gasteiger partial charge in [-0.05, 0) is 43.0 Å². The van der Waals surface area contributed by atoms with Crippen LogP contribution in [-0.2, 0) is 6.42 Å². The molecule has 0 fully saturated rings. The smallest absolute Gasteiger partial charge is 0.178 e. The van der Waals surface area contributed by atoms with Gasteiger partial charge in [-0.15, -0.1) is 0 Å². The highest BCUT2D eigenvalue weighted by molar-refractivity contribution is 6.31. The van der Waals surface area contributed by atoms with E-state index in [4.69, 9.17) is 11.6 Å². The Kier molecular flexibility index (Phi) is 3.52. The van der Waals surface area contributed by atoms with Crippen LogP contribution in [0.15, 0.2) is 18.3 Å². The van der Waals surface area contributed by atoms with Crippen LogP contribution >= 0.6 is 11.6 Å². The summed E-state index contributed by atoms with van der Waals surface area (Å²) in [4.78, 5) is 8.73. The first-order chi connectivity index (χ1) is 10.2. The number of nitriles is 1. The number of pyridine rings is 2. The Hall–Kier alpha value is -2.12. The number of halogens is 1. The third kappa shape index (κ3) is 2.05. The van der Waals surface area contributed by atoms with Gasteiger partial charge in [0.15, 0.2) is 11.3 Å². The first-order valence-corrected chi connectivity index (χ1v) is 7.41. The van der Waals surface area contributed by atoms with E-state index in [1.165, 1.54) is 0 Å². The second-order valence-electron chi connectivity index (χ2n) is 5.10. The van der Waals surface area contributed by atoms with Crippen LogP contribution in [0, 0.1) is 18.3 Å². The molecule has 0 saturated heterocycles. The minimum atomic E-state index is 0.587. The SMILES string of the molecule is CCCCc1c(C)c(C#N)c2nc3ncccc3n2c1Cl. The zero-order valence-electron chi connectivity index (χ0n) is 12.0. The van der Waals surface area contributed by atoms with Crippen LogP contribution in [-0.4, -0.2) is 14.4 Å². The van der Waals surface area contributed by atoms with Gasteiger partial charge >= 0.3 is 0 Å². The summed E-state index contributed by atoms with van der Waals surface area (Å²) in [5, 5.41) is 10.2. The van der Waals surface area contributed by atoms with Crippen molar-refractivity contribution < 1.29 is 0 Å². The quantitative estimate of drug-likeness (QED) is 0.685. The molecule has 0 spiro atoms. The Labute approximate surface area is 128 Å². The molecule has 0 aliphatic heterocycles. The summed E-state index contributed by atoms with van der Waals surface area (Å²) in [5.41, 5.74) is 4.59. The predicted octanol–water partition coefficient (Wildman–Crippen LogP) is 4.06. The van der Waals surface area contributed by atoms with Crippen molar-refractivity contribution in [2.45, 2.75) is 33.1 Å². The summed E-state index contributed by atoms with van der Waals surface area (Å²) in [7, 11) is 0.